The van der Waals surface area contributed by atoms with Crippen LogP contribution in [0, 0.1) is 0 Å². The molecule has 0 aliphatic rings. The Morgan fingerprint density at radius 1 is 1.64 bits per heavy atom. The number of hydrogen-bond acceptors (Lipinski definition) is 3. The number of halogens is 1. The molecule has 0 saturated carbocycles. The summed E-state index contributed by atoms with van der Waals surface area (Å²) in [5, 5.41) is 5.51. The molecule has 1 aromatic rings. The highest BCUT2D eigenvalue weighted by Gasteiger charge is 2.08. The van der Waals surface area contributed by atoms with E-state index in [9.17, 15) is 0 Å². The summed E-state index contributed by atoms with van der Waals surface area (Å²) in [6, 6.07) is 2.82. The van der Waals surface area contributed by atoms with E-state index in [-0.39, 0.29) is 0 Å². The summed E-state index contributed by atoms with van der Waals surface area (Å²) >= 11 is 7.31. The van der Waals surface area contributed by atoms with Crippen LogP contribution < -0.4 is 5.32 Å². The van der Waals surface area contributed by atoms with Crippen LogP contribution in [0.1, 0.15) is 11.8 Å². The topological polar surface area (TPSA) is 12.0 Å². The van der Waals surface area contributed by atoms with Gasteiger partial charge in [0.25, 0.3) is 0 Å². The van der Waals surface area contributed by atoms with Crippen LogP contribution in [0.2, 0.25) is 0 Å². The van der Waals surface area contributed by atoms with Crippen LogP contribution in [-0.2, 0) is 6.42 Å². The first-order chi connectivity index (χ1) is 6.76. The Hall–Kier alpha value is 0.490. The highest BCUT2D eigenvalue weighted by Crippen LogP contribution is 2.21. The highest BCUT2D eigenvalue weighted by atomic mass is 79.9. The van der Waals surface area contributed by atoms with Crippen molar-refractivity contribution in [2.75, 3.05) is 18.6 Å². The zero-order chi connectivity index (χ0) is 10.4. The van der Waals surface area contributed by atoms with E-state index in [1.165, 1.54) is 20.9 Å². The van der Waals surface area contributed by atoms with E-state index < -0.39 is 0 Å². The van der Waals surface area contributed by atoms with Crippen molar-refractivity contribution in [2.24, 2.45) is 0 Å². The SMILES string of the molecule is CCSCC(Cc1cc(Br)cs1)NC. The summed E-state index contributed by atoms with van der Waals surface area (Å²) in [7, 11) is 2.05. The maximum atomic E-state index is 3.48. The molecule has 1 atom stereocenters. The van der Waals surface area contributed by atoms with Crippen LogP contribution in [0.5, 0.6) is 0 Å². The van der Waals surface area contributed by atoms with Gasteiger partial charge in [-0.2, -0.15) is 11.8 Å². The fourth-order valence-electron chi connectivity index (χ4n) is 1.21. The number of hydrogen-bond donors (Lipinski definition) is 1. The maximum absolute atomic E-state index is 3.48. The predicted molar refractivity (Wildman–Crippen MR) is 71.6 cm³/mol. The Labute approximate surface area is 103 Å². The fraction of sp³-hybridized carbons (Fsp3) is 0.600. The molecule has 0 amide bonds. The van der Waals surface area contributed by atoms with Crippen LogP contribution in [0.15, 0.2) is 15.9 Å². The monoisotopic (exact) mass is 293 g/mol. The number of thiophene rings is 1. The number of likely N-dealkylation sites (N-methyl/N-ethyl adjacent to an activating group) is 1. The van der Waals surface area contributed by atoms with Crippen molar-refractivity contribution in [3.63, 3.8) is 0 Å². The van der Waals surface area contributed by atoms with Gasteiger partial charge < -0.3 is 5.32 Å². The third-order valence-corrected chi connectivity index (χ3v) is 4.77. The molecule has 0 radical (unpaired) electrons. The second-order valence-electron chi connectivity index (χ2n) is 3.08. The van der Waals surface area contributed by atoms with Crippen LogP contribution in [0.3, 0.4) is 0 Å². The molecule has 4 heteroatoms. The largest absolute Gasteiger partial charge is 0.316 e. The van der Waals surface area contributed by atoms with Gasteiger partial charge in [-0.1, -0.05) is 6.92 Å². The van der Waals surface area contributed by atoms with Crippen LogP contribution in [0.25, 0.3) is 0 Å². The summed E-state index contributed by atoms with van der Waals surface area (Å²) in [5.74, 6) is 2.40. The van der Waals surface area contributed by atoms with Crippen molar-refractivity contribution in [3.05, 3.63) is 20.8 Å². The van der Waals surface area contributed by atoms with Crippen molar-refractivity contribution in [1.29, 1.82) is 0 Å². The van der Waals surface area contributed by atoms with Gasteiger partial charge in [-0.3, -0.25) is 0 Å². The molecule has 1 heterocycles. The zero-order valence-electron chi connectivity index (χ0n) is 8.55. The molecule has 0 aliphatic carbocycles. The van der Waals surface area contributed by atoms with Gasteiger partial charge in [-0.25, -0.2) is 0 Å². The van der Waals surface area contributed by atoms with Crippen LogP contribution in [0.4, 0.5) is 0 Å². The number of nitrogens with one attached hydrogen (secondary N) is 1. The summed E-state index contributed by atoms with van der Waals surface area (Å²) in [4.78, 5) is 1.45. The Bertz CT molecular complexity index is 262. The fourth-order valence-corrected chi connectivity index (χ4v) is 3.55. The van der Waals surface area contributed by atoms with E-state index in [0.29, 0.717) is 6.04 Å². The van der Waals surface area contributed by atoms with Crippen molar-refractivity contribution >= 4 is 39.0 Å². The summed E-state index contributed by atoms with van der Waals surface area (Å²) in [6.45, 7) is 2.21. The molecule has 14 heavy (non-hydrogen) atoms. The van der Waals surface area contributed by atoms with Gasteiger partial charge in [0.05, 0.1) is 0 Å². The van der Waals surface area contributed by atoms with Gasteiger partial charge in [0.15, 0.2) is 0 Å². The molecule has 1 rings (SSSR count). The lowest BCUT2D eigenvalue weighted by atomic mass is 10.2. The van der Waals surface area contributed by atoms with Gasteiger partial charge in [0.1, 0.15) is 0 Å². The first kappa shape index (κ1) is 12.6. The third kappa shape index (κ3) is 4.34. The molecular formula is C10H16BrNS2. The van der Waals surface area contributed by atoms with Crippen LogP contribution in [-0.4, -0.2) is 24.6 Å². The molecule has 1 N–H and O–H groups in total. The average Bonchev–Trinajstić information content (AvgIpc) is 2.58. The second kappa shape index (κ2) is 6.88. The highest BCUT2D eigenvalue weighted by molar-refractivity contribution is 9.10. The standard InChI is InChI=1S/C10H16BrNS2/c1-3-13-7-9(12-2)5-10-4-8(11)6-14-10/h4,6,9,12H,3,5,7H2,1-2H3. The van der Waals surface area contributed by atoms with E-state index in [1.807, 2.05) is 30.1 Å². The first-order valence-corrected chi connectivity index (χ1v) is 7.57. The van der Waals surface area contributed by atoms with Gasteiger partial charge >= 0.3 is 0 Å². The van der Waals surface area contributed by atoms with E-state index in [0.717, 1.165) is 6.42 Å². The van der Waals surface area contributed by atoms with E-state index >= 15 is 0 Å². The van der Waals surface area contributed by atoms with Crippen molar-refractivity contribution in [3.8, 4) is 0 Å². The number of rotatable bonds is 6. The summed E-state index contributed by atoms with van der Waals surface area (Å²) < 4.78 is 1.20. The van der Waals surface area contributed by atoms with Gasteiger partial charge in [-0.15, -0.1) is 11.3 Å². The molecule has 0 aromatic carbocycles. The summed E-state index contributed by atoms with van der Waals surface area (Å²) in [6.07, 6.45) is 1.14. The normalized spacial score (nSPS) is 13.1. The third-order valence-electron chi connectivity index (χ3n) is 2.00. The molecule has 80 valence electrons. The molecule has 0 fully saturated rings. The molecular weight excluding hydrogens is 278 g/mol. The lowest BCUT2D eigenvalue weighted by molar-refractivity contribution is 0.622. The smallest absolute Gasteiger partial charge is 0.0285 e. The molecule has 0 aliphatic heterocycles. The quantitative estimate of drug-likeness (QED) is 0.863. The lowest BCUT2D eigenvalue weighted by Gasteiger charge is -2.13. The second-order valence-corrected chi connectivity index (χ2v) is 6.31. The Morgan fingerprint density at radius 3 is 2.93 bits per heavy atom. The van der Waals surface area contributed by atoms with Crippen LogP contribution >= 0.6 is 39.0 Å². The maximum Gasteiger partial charge on any atom is 0.0285 e. The van der Waals surface area contributed by atoms with E-state index in [4.69, 9.17) is 0 Å². The molecule has 0 bridgehead atoms. The minimum atomic E-state index is 0.602. The van der Waals surface area contributed by atoms with Gasteiger partial charge in [0.2, 0.25) is 0 Å². The average molecular weight is 294 g/mol. The van der Waals surface area contributed by atoms with E-state index in [2.05, 4.69) is 39.6 Å². The lowest BCUT2D eigenvalue weighted by Crippen LogP contribution is -2.29. The minimum absolute atomic E-state index is 0.602. The number of thioether (sulfide) groups is 1. The first-order valence-electron chi connectivity index (χ1n) is 4.74. The van der Waals surface area contributed by atoms with Gasteiger partial charge in [-0.05, 0) is 41.2 Å². The summed E-state index contributed by atoms with van der Waals surface area (Å²) in [5.41, 5.74) is 0. The molecule has 0 spiro atoms. The van der Waals surface area contributed by atoms with E-state index in [1.54, 1.807) is 0 Å². The Kier molecular flexibility index (Phi) is 6.17. The van der Waals surface area contributed by atoms with Crippen molar-refractivity contribution in [2.45, 2.75) is 19.4 Å². The zero-order valence-corrected chi connectivity index (χ0v) is 11.8. The van der Waals surface area contributed by atoms with Crippen molar-refractivity contribution < 1.29 is 0 Å². The van der Waals surface area contributed by atoms with Gasteiger partial charge in [0, 0.05) is 26.5 Å². The minimum Gasteiger partial charge on any atom is -0.316 e. The Balaban J connectivity index is 2.40. The predicted octanol–water partition coefficient (Wildman–Crippen LogP) is 3.39. The molecule has 1 unspecified atom stereocenters. The molecule has 1 aromatic heterocycles. The van der Waals surface area contributed by atoms with Crippen molar-refractivity contribution in [1.82, 2.24) is 5.32 Å². The Morgan fingerprint density at radius 2 is 2.43 bits per heavy atom. The molecule has 1 nitrogen and oxygen atoms in total. The molecule has 0 saturated heterocycles.